The van der Waals surface area contributed by atoms with Gasteiger partial charge in [0.05, 0.1) is 5.69 Å². The maximum Gasteiger partial charge on any atom is 0.0572 e. The average molecular weight is 283 g/mol. The van der Waals surface area contributed by atoms with E-state index in [1.54, 1.807) is 0 Å². The van der Waals surface area contributed by atoms with E-state index in [1.165, 1.54) is 30.6 Å². The molecule has 0 radical (unpaired) electrons. The number of hydrogen-bond donors (Lipinski definition) is 0. The van der Waals surface area contributed by atoms with Gasteiger partial charge in [0.1, 0.15) is 0 Å². The molecule has 16 heavy (non-hydrogen) atoms. The molecule has 1 aliphatic carbocycles. The molecular formula is C13H19BrN2. The third-order valence-corrected chi connectivity index (χ3v) is 4.03. The number of aryl methyl sites for hydroxylation is 1. The van der Waals surface area contributed by atoms with Crippen molar-refractivity contribution >= 4 is 15.9 Å². The van der Waals surface area contributed by atoms with Gasteiger partial charge in [-0.2, -0.15) is 0 Å². The van der Waals surface area contributed by atoms with Crippen molar-refractivity contribution in [3.63, 3.8) is 0 Å². The molecular weight excluding hydrogens is 264 g/mol. The van der Waals surface area contributed by atoms with E-state index in [0.29, 0.717) is 0 Å². The fourth-order valence-electron chi connectivity index (χ4n) is 2.25. The Labute approximate surface area is 106 Å². The van der Waals surface area contributed by atoms with Crippen molar-refractivity contribution in [2.45, 2.75) is 31.1 Å². The van der Waals surface area contributed by atoms with E-state index >= 15 is 0 Å². The van der Waals surface area contributed by atoms with Gasteiger partial charge in [-0.25, -0.2) is 0 Å². The van der Waals surface area contributed by atoms with Crippen molar-refractivity contribution in [2.24, 2.45) is 5.92 Å². The number of aromatic nitrogens is 1. The highest BCUT2D eigenvalue weighted by atomic mass is 79.9. The van der Waals surface area contributed by atoms with Crippen LogP contribution in [0.1, 0.15) is 24.1 Å². The summed E-state index contributed by atoms with van der Waals surface area (Å²) in [7, 11) is 2.19. The number of alkyl halides is 1. The van der Waals surface area contributed by atoms with E-state index in [2.05, 4.69) is 45.9 Å². The topological polar surface area (TPSA) is 16.1 Å². The van der Waals surface area contributed by atoms with Crippen molar-refractivity contribution in [3.8, 4) is 0 Å². The molecule has 0 unspecified atom stereocenters. The Balaban J connectivity index is 1.83. The fraction of sp³-hybridized carbons (Fsp3) is 0.615. The first-order valence-corrected chi connectivity index (χ1v) is 6.80. The summed E-state index contributed by atoms with van der Waals surface area (Å²) in [6.45, 7) is 4.29. The first-order chi connectivity index (χ1) is 7.65. The normalized spacial score (nSPS) is 24.5. The lowest BCUT2D eigenvalue weighted by molar-refractivity contribution is 0.206. The van der Waals surface area contributed by atoms with Gasteiger partial charge >= 0.3 is 0 Å². The van der Waals surface area contributed by atoms with Gasteiger partial charge in [0.2, 0.25) is 0 Å². The molecule has 1 aliphatic rings. The van der Waals surface area contributed by atoms with E-state index in [0.717, 1.165) is 17.3 Å². The molecule has 3 heteroatoms. The van der Waals surface area contributed by atoms with Gasteiger partial charge in [-0.05, 0) is 44.4 Å². The highest BCUT2D eigenvalue weighted by Crippen LogP contribution is 2.33. The van der Waals surface area contributed by atoms with Crippen LogP contribution in [0.25, 0.3) is 0 Å². The second-order valence-corrected chi connectivity index (χ2v) is 6.19. The minimum absolute atomic E-state index is 0.766. The van der Waals surface area contributed by atoms with Gasteiger partial charge in [0.15, 0.2) is 0 Å². The van der Waals surface area contributed by atoms with Gasteiger partial charge in [-0.3, -0.25) is 4.98 Å². The third kappa shape index (κ3) is 3.05. The minimum atomic E-state index is 0.766. The Kier molecular flexibility index (Phi) is 3.98. The maximum atomic E-state index is 4.43. The van der Waals surface area contributed by atoms with E-state index in [1.807, 2.05) is 12.3 Å². The smallest absolute Gasteiger partial charge is 0.0572 e. The van der Waals surface area contributed by atoms with E-state index in [4.69, 9.17) is 0 Å². The van der Waals surface area contributed by atoms with Crippen LogP contribution in [-0.2, 0) is 6.54 Å². The monoisotopic (exact) mass is 282 g/mol. The Morgan fingerprint density at radius 2 is 2.25 bits per heavy atom. The maximum absolute atomic E-state index is 4.43. The molecule has 1 aromatic heterocycles. The summed E-state index contributed by atoms with van der Waals surface area (Å²) in [5, 5.41) is 0. The third-order valence-electron chi connectivity index (χ3n) is 3.29. The Morgan fingerprint density at radius 3 is 2.88 bits per heavy atom. The zero-order chi connectivity index (χ0) is 11.5. The van der Waals surface area contributed by atoms with Gasteiger partial charge < -0.3 is 4.90 Å². The lowest BCUT2D eigenvalue weighted by atomic mass is 9.85. The second kappa shape index (κ2) is 5.28. The van der Waals surface area contributed by atoms with Crippen LogP contribution in [0.15, 0.2) is 18.3 Å². The van der Waals surface area contributed by atoms with Crippen LogP contribution in [0.4, 0.5) is 0 Å². The zero-order valence-corrected chi connectivity index (χ0v) is 11.6. The van der Waals surface area contributed by atoms with Crippen LogP contribution in [0.5, 0.6) is 0 Å². The molecule has 1 heterocycles. The van der Waals surface area contributed by atoms with Gasteiger partial charge in [0.25, 0.3) is 0 Å². The molecule has 1 fully saturated rings. The lowest BCUT2D eigenvalue weighted by Crippen LogP contribution is -2.34. The van der Waals surface area contributed by atoms with Crippen LogP contribution in [0.3, 0.4) is 0 Å². The average Bonchev–Trinajstić information content (AvgIpc) is 2.19. The van der Waals surface area contributed by atoms with E-state index in [9.17, 15) is 0 Å². The first kappa shape index (κ1) is 12.1. The summed E-state index contributed by atoms with van der Waals surface area (Å²) >= 11 is 3.64. The number of halogens is 1. The molecule has 0 bridgehead atoms. The molecule has 2 rings (SSSR count). The van der Waals surface area contributed by atoms with Gasteiger partial charge in [0, 0.05) is 24.1 Å². The highest BCUT2D eigenvalue weighted by Gasteiger charge is 2.27. The summed E-state index contributed by atoms with van der Waals surface area (Å²) in [6.07, 6.45) is 4.53. The van der Waals surface area contributed by atoms with Gasteiger partial charge in [-0.1, -0.05) is 22.0 Å². The Bertz CT molecular complexity index is 348. The van der Waals surface area contributed by atoms with Crippen molar-refractivity contribution in [1.82, 2.24) is 9.88 Å². The largest absolute Gasteiger partial charge is 0.300 e. The molecule has 0 atom stereocenters. The van der Waals surface area contributed by atoms with Crippen LogP contribution in [-0.4, -0.2) is 28.3 Å². The summed E-state index contributed by atoms with van der Waals surface area (Å²) in [5.41, 5.74) is 2.50. The quantitative estimate of drug-likeness (QED) is 0.790. The SMILES string of the molecule is Cc1cccnc1CN(C)CC1CC(Br)C1. The number of hydrogen-bond acceptors (Lipinski definition) is 2. The van der Waals surface area contributed by atoms with Crippen LogP contribution >= 0.6 is 15.9 Å². The summed E-state index contributed by atoms with van der Waals surface area (Å²) in [6, 6.07) is 4.13. The molecule has 0 saturated heterocycles. The molecule has 0 spiro atoms. The summed E-state index contributed by atoms with van der Waals surface area (Å²) in [4.78, 5) is 7.59. The van der Waals surface area contributed by atoms with Gasteiger partial charge in [-0.15, -0.1) is 0 Å². The lowest BCUT2D eigenvalue weighted by Gasteiger charge is -2.34. The molecule has 88 valence electrons. The molecule has 1 aromatic rings. The Hall–Kier alpha value is -0.410. The molecule has 2 nitrogen and oxygen atoms in total. The molecule has 0 amide bonds. The summed E-state index contributed by atoms with van der Waals surface area (Å²) < 4.78 is 0. The predicted molar refractivity (Wildman–Crippen MR) is 70.7 cm³/mol. The molecule has 0 aromatic carbocycles. The van der Waals surface area contributed by atoms with Crippen LogP contribution in [0, 0.1) is 12.8 Å². The highest BCUT2D eigenvalue weighted by molar-refractivity contribution is 9.09. The number of pyridine rings is 1. The standard InChI is InChI=1S/C13H19BrN2/c1-10-4-3-5-15-13(10)9-16(2)8-11-6-12(14)7-11/h3-5,11-12H,6-9H2,1-2H3. The van der Waals surface area contributed by atoms with E-state index < -0.39 is 0 Å². The predicted octanol–water partition coefficient (Wildman–Crippen LogP) is 3.00. The van der Waals surface area contributed by atoms with Crippen molar-refractivity contribution in [2.75, 3.05) is 13.6 Å². The number of nitrogens with zero attached hydrogens (tertiary/aromatic N) is 2. The van der Waals surface area contributed by atoms with Crippen LogP contribution < -0.4 is 0 Å². The zero-order valence-electron chi connectivity index (χ0n) is 9.99. The second-order valence-electron chi connectivity index (χ2n) is 4.90. The van der Waals surface area contributed by atoms with Crippen LogP contribution in [0.2, 0.25) is 0 Å². The van der Waals surface area contributed by atoms with Crippen molar-refractivity contribution in [3.05, 3.63) is 29.6 Å². The van der Waals surface area contributed by atoms with Crippen molar-refractivity contribution in [1.29, 1.82) is 0 Å². The fourth-order valence-corrected chi connectivity index (χ4v) is 3.31. The van der Waals surface area contributed by atoms with E-state index in [-0.39, 0.29) is 0 Å². The molecule has 1 saturated carbocycles. The Morgan fingerprint density at radius 1 is 1.50 bits per heavy atom. The minimum Gasteiger partial charge on any atom is -0.300 e. The number of rotatable bonds is 4. The molecule has 0 N–H and O–H groups in total. The first-order valence-electron chi connectivity index (χ1n) is 5.88. The summed E-state index contributed by atoms with van der Waals surface area (Å²) in [5.74, 6) is 0.874. The van der Waals surface area contributed by atoms with Crippen molar-refractivity contribution < 1.29 is 0 Å². The molecule has 0 aliphatic heterocycles.